The van der Waals surface area contributed by atoms with E-state index in [-0.39, 0.29) is 11.2 Å². The summed E-state index contributed by atoms with van der Waals surface area (Å²) in [5.41, 5.74) is 8.76. The Balaban J connectivity index is 1.78. The van der Waals surface area contributed by atoms with Crippen molar-refractivity contribution in [2.75, 3.05) is 24.7 Å². The van der Waals surface area contributed by atoms with Crippen LogP contribution in [0.25, 0.3) is 0 Å². The van der Waals surface area contributed by atoms with E-state index in [0.717, 1.165) is 38.3 Å². The van der Waals surface area contributed by atoms with Crippen LogP contribution in [0.3, 0.4) is 0 Å². The number of rotatable bonds is 3. The standard InChI is InChI=1S/C20H21FN2O2/c21-15-7-5-14(6-8-15)18(19(22)24)23-13-20(9-11-25-12-10-20)16-3-1-2-4-17(16)23/h1-8,18H,9-13H2,(H2,22,24). The van der Waals surface area contributed by atoms with Crippen LogP contribution in [0.1, 0.15) is 30.0 Å². The van der Waals surface area contributed by atoms with Crippen LogP contribution in [-0.2, 0) is 14.9 Å². The molecule has 2 aliphatic rings. The third-order valence-electron chi connectivity index (χ3n) is 5.47. The quantitative estimate of drug-likeness (QED) is 0.935. The molecule has 2 aromatic rings. The van der Waals surface area contributed by atoms with Gasteiger partial charge in [-0.1, -0.05) is 30.3 Å². The molecule has 1 amide bonds. The zero-order valence-corrected chi connectivity index (χ0v) is 14.0. The van der Waals surface area contributed by atoms with Crippen LogP contribution in [0.4, 0.5) is 10.1 Å². The predicted molar refractivity (Wildman–Crippen MR) is 93.9 cm³/mol. The molecule has 2 aromatic carbocycles. The number of anilines is 1. The van der Waals surface area contributed by atoms with E-state index in [1.54, 1.807) is 12.1 Å². The number of fused-ring (bicyclic) bond motifs is 2. The molecule has 2 heterocycles. The summed E-state index contributed by atoms with van der Waals surface area (Å²) in [6.45, 7) is 2.17. The Morgan fingerprint density at radius 2 is 1.80 bits per heavy atom. The van der Waals surface area contributed by atoms with E-state index < -0.39 is 11.9 Å². The predicted octanol–water partition coefficient (Wildman–Crippen LogP) is 2.92. The van der Waals surface area contributed by atoms with Crippen LogP contribution in [-0.4, -0.2) is 25.7 Å². The first-order valence-electron chi connectivity index (χ1n) is 8.59. The van der Waals surface area contributed by atoms with E-state index in [1.807, 2.05) is 18.2 Å². The third kappa shape index (κ3) is 2.68. The Hall–Kier alpha value is -2.40. The number of ether oxygens (including phenoxy) is 1. The first kappa shape index (κ1) is 16.1. The van der Waals surface area contributed by atoms with E-state index >= 15 is 0 Å². The number of nitrogens with two attached hydrogens (primary N) is 1. The topological polar surface area (TPSA) is 55.6 Å². The Bertz CT molecular complexity index is 785. The summed E-state index contributed by atoms with van der Waals surface area (Å²) in [4.78, 5) is 14.4. The highest BCUT2D eigenvalue weighted by molar-refractivity contribution is 5.86. The van der Waals surface area contributed by atoms with Crippen molar-refractivity contribution in [3.8, 4) is 0 Å². The van der Waals surface area contributed by atoms with Gasteiger partial charge >= 0.3 is 0 Å². The molecule has 4 nitrogen and oxygen atoms in total. The maximum atomic E-state index is 13.3. The van der Waals surface area contributed by atoms with Crippen LogP contribution in [0, 0.1) is 5.82 Å². The lowest BCUT2D eigenvalue weighted by Crippen LogP contribution is -2.43. The molecule has 1 spiro atoms. The molecule has 1 fully saturated rings. The van der Waals surface area contributed by atoms with Crippen molar-refractivity contribution >= 4 is 11.6 Å². The lowest BCUT2D eigenvalue weighted by atomic mass is 9.76. The summed E-state index contributed by atoms with van der Waals surface area (Å²) in [6.07, 6.45) is 1.85. The van der Waals surface area contributed by atoms with Crippen molar-refractivity contribution in [3.05, 3.63) is 65.5 Å². The molecule has 5 heteroatoms. The monoisotopic (exact) mass is 340 g/mol. The molecule has 0 saturated carbocycles. The minimum absolute atomic E-state index is 0.0113. The average Bonchev–Trinajstić information content (AvgIpc) is 2.92. The minimum atomic E-state index is -0.607. The SMILES string of the molecule is NC(=O)C(c1ccc(F)cc1)N1CC2(CCOCC2)c2ccccc21. The number of primary amides is 1. The Morgan fingerprint density at radius 1 is 1.12 bits per heavy atom. The summed E-state index contributed by atoms with van der Waals surface area (Å²) in [5, 5.41) is 0. The van der Waals surface area contributed by atoms with Crippen molar-refractivity contribution in [1.82, 2.24) is 0 Å². The summed E-state index contributed by atoms with van der Waals surface area (Å²) in [6, 6.07) is 13.6. The molecule has 0 aromatic heterocycles. The molecule has 0 bridgehead atoms. The van der Waals surface area contributed by atoms with E-state index in [1.165, 1.54) is 17.7 Å². The van der Waals surface area contributed by atoms with Gasteiger partial charge in [0.1, 0.15) is 11.9 Å². The number of para-hydroxylation sites is 1. The zero-order chi connectivity index (χ0) is 17.4. The Kier molecular flexibility index (Phi) is 3.96. The number of hydrogen-bond acceptors (Lipinski definition) is 3. The summed E-state index contributed by atoms with van der Waals surface area (Å²) in [5.74, 6) is -0.750. The molecule has 25 heavy (non-hydrogen) atoms. The molecule has 1 atom stereocenters. The Morgan fingerprint density at radius 3 is 2.48 bits per heavy atom. The van der Waals surface area contributed by atoms with Crippen LogP contribution in [0.2, 0.25) is 0 Å². The molecule has 1 unspecified atom stereocenters. The van der Waals surface area contributed by atoms with Gasteiger partial charge in [-0.3, -0.25) is 4.79 Å². The number of nitrogens with zero attached hydrogens (tertiary/aromatic N) is 1. The number of carbonyl (C=O) groups excluding carboxylic acids is 1. The van der Waals surface area contributed by atoms with Gasteiger partial charge in [0.05, 0.1) is 0 Å². The van der Waals surface area contributed by atoms with Crippen molar-refractivity contribution in [3.63, 3.8) is 0 Å². The van der Waals surface area contributed by atoms with Crippen molar-refractivity contribution in [2.24, 2.45) is 5.73 Å². The second kappa shape index (κ2) is 6.15. The summed E-state index contributed by atoms with van der Waals surface area (Å²) < 4.78 is 18.9. The molecule has 2 N–H and O–H groups in total. The zero-order valence-electron chi connectivity index (χ0n) is 14.0. The van der Waals surface area contributed by atoms with E-state index in [2.05, 4.69) is 11.0 Å². The first-order chi connectivity index (χ1) is 12.1. The van der Waals surface area contributed by atoms with E-state index in [0.29, 0.717) is 5.56 Å². The number of benzene rings is 2. The van der Waals surface area contributed by atoms with Crippen LogP contribution >= 0.6 is 0 Å². The second-order valence-electron chi connectivity index (χ2n) is 6.89. The fourth-order valence-electron chi connectivity index (χ4n) is 4.23. The number of halogens is 1. The highest BCUT2D eigenvalue weighted by Crippen LogP contribution is 2.49. The van der Waals surface area contributed by atoms with Crippen LogP contribution in [0.5, 0.6) is 0 Å². The Labute approximate surface area is 146 Å². The molecule has 2 aliphatic heterocycles. The van der Waals surface area contributed by atoms with Crippen LogP contribution < -0.4 is 10.6 Å². The summed E-state index contributed by atoms with van der Waals surface area (Å²) >= 11 is 0. The van der Waals surface area contributed by atoms with Crippen molar-refractivity contribution < 1.29 is 13.9 Å². The normalized spacial score (nSPS) is 19.6. The van der Waals surface area contributed by atoms with Gasteiger partial charge in [-0.2, -0.15) is 0 Å². The molecule has 1 saturated heterocycles. The van der Waals surface area contributed by atoms with E-state index in [4.69, 9.17) is 10.5 Å². The minimum Gasteiger partial charge on any atom is -0.381 e. The van der Waals surface area contributed by atoms with Gasteiger partial charge < -0.3 is 15.4 Å². The number of hydrogen-bond donors (Lipinski definition) is 1. The van der Waals surface area contributed by atoms with Gasteiger partial charge in [0.2, 0.25) is 5.91 Å². The average molecular weight is 340 g/mol. The maximum Gasteiger partial charge on any atom is 0.244 e. The van der Waals surface area contributed by atoms with Gasteiger partial charge in [0.25, 0.3) is 0 Å². The molecule has 4 rings (SSSR count). The van der Waals surface area contributed by atoms with Crippen molar-refractivity contribution in [2.45, 2.75) is 24.3 Å². The van der Waals surface area contributed by atoms with Gasteiger partial charge in [-0.25, -0.2) is 4.39 Å². The number of amides is 1. The summed E-state index contributed by atoms with van der Waals surface area (Å²) in [7, 11) is 0. The molecular weight excluding hydrogens is 319 g/mol. The molecule has 130 valence electrons. The first-order valence-corrected chi connectivity index (χ1v) is 8.59. The van der Waals surface area contributed by atoms with Crippen molar-refractivity contribution in [1.29, 1.82) is 0 Å². The third-order valence-corrected chi connectivity index (χ3v) is 5.47. The fraction of sp³-hybridized carbons (Fsp3) is 0.350. The van der Waals surface area contributed by atoms with Gasteiger partial charge in [-0.15, -0.1) is 0 Å². The smallest absolute Gasteiger partial charge is 0.244 e. The van der Waals surface area contributed by atoms with Gasteiger partial charge in [0.15, 0.2) is 0 Å². The largest absolute Gasteiger partial charge is 0.381 e. The lowest BCUT2D eigenvalue weighted by molar-refractivity contribution is -0.119. The van der Waals surface area contributed by atoms with E-state index in [9.17, 15) is 9.18 Å². The van der Waals surface area contributed by atoms with Crippen LogP contribution in [0.15, 0.2) is 48.5 Å². The highest BCUT2D eigenvalue weighted by Gasteiger charge is 2.46. The highest BCUT2D eigenvalue weighted by atomic mass is 19.1. The van der Waals surface area contributed by atoms with Gasteiger partial charge in [0, 0.05) is 30.9 Å². The lowest BCUT2D eigenvalue weighted by Gasteiger charge is -2.36. The second-order valence-corrected chi connectivity index (χ2v) is 6.89. The van der Waals surface area contributed by atoms with Gasteiger partial charge in [-0.05, 0) is 42.2 Å². The molecule has 0 radical (unpaired) electrons. The molecule has 0 aliphatic carbocycles. The number of carbonyl (C=O) groups is 1. The molecular formula is C20H21FN2O2. The fourth-order valence-corrected chi connectivity index (χ4v) is 4.23. The maximum absolute atomic E-state index is 13.3.